The van der Waals surface area contributed by atoms with Gasteiger partial charge in [0.1, 0.15) is 11.5 Å². The average molecular weight is 325 g/mol. The largest absolute Gasteiger partial charge is 0.482 e. The summed E-state index contributed by atoms with van der Waals surface area (Å²) in [6, 6.07) is 10.9. The SMILES string of the molecule is Cc1ccc(OCC(=O)Oc2ccc3c(c2)CCC(=O)N3)cc1C. The second kappa shape index (κ2) is 6.74. The Morgan fingerprint density at radius 2 is 1.83 bits per heavy atom. The minimum absolute atomic E-state index is 0.00837. The van der Waals surface area contributed by atoms with Gasteiger partial charge >= 0.3 is 5.97 Å². The number of ether oxygens (including phenoxy) is 2. The zero-order valence-corrected chi connectivity index (χ0v) is 13.7. The summed E-state index contributed by atoms with van der Waals surface area (Å²) in [5, 5.41) is 2.79. The van der Waals surface area contributed by atoms with E-state index in [4.69, 9.17) is 9.47 Å². The van der Waals surface area contributed by atoms with Crippen molar-refractivity contribution in [3.8, 4) is 11.5 Å². The van der Waals surface area contributed by atoms with Crippen LogP contribution in [0.25, 0.3) is 0 Å². The molecule has 0 unspecified atom stereocenters. The fraction of sp³-hybridized carbons (Fsp3) is 0.263. The summed E-state index contributed by atoms with van der Waals surface area (Å²) in [7, 11) is 0. The number of carbonyl (C=O) groups excluding carboxylic acids is 2. The predicted octanol–water partition coefficient (Wildman–Crippen LogP) is 3.17. The highest BCUT2D eigenvalue weighted by Gasteiger charge is 2.16. The number of benzene rings is 2. The Kier molecular flexibility index (Phi) is 4.51. The monoisotopic (exact) mass is 325 g/mol. The fourth-order valence-corrected chi connectivity index (χ4v) is 2.53. The maximum atomic E-state index is 11.9. The van der Waals surface area contributed by atoms with Crippen LogP contribution >= 0.6 is 0 Å². The lowest BCUT2D eigenvalue weighted by Crippen LogP contribution is -2.20. The van der Waals surface area contributed by atoms with Gasteiger partial charge in [0.2, 0.25) is 5.91 Å². The first-order valence-electron chi connectivity index (χ1n) is 7.85. The van der Waals surface area contributed by atoms with E-state index in [9.17, 15) is 9.59 Å². The lowest BCUT2D eigenvalue weighted by atomic mass is 10.0. The third kappa shape index (κ3) is 3.74. The number of aryl methyl sites for hydroxylation is 3. The summed E-state index contributed by atoms with van der Waals surface area (Å²) in [6.07, 6.45) is 1.09. The molecular weight excluding hydrogens is 306 g/mol. The molecule has 0 aliphatic carbocycles. The van der Waals surface area contributed by atoms with Crippen LogP contribution in [0.4, 0.5) is 5.69 Å². The van der Waals surface area contributed by atoms with Crippen LogP contribution in [0, 0.1) is 13.8 Å². The molecule has 0 atom stereocenters. The van der Waals surface area contributed by atoms with Gasteiger partial charge in [-0.2, -0.15) is 0 Å². The number of anilines is 1. The molecule has 0 radical (unpaired) electrons. The second-order valence-corrected chi connectivity index (χ2v) is 5.88. The molecule has 2 aromatic rings. The quantitative estimate of drug-likeness (QED) is 0.693. The van der Waals surface area contributed by atoms with Gasteiger partial charge < -0.3 is 14.8 Å². The molecule has 1 aliphatic heterocycles. The Bertz CT molecular complexity index is 798. The molecule has 0 saturated heterocycles. The lowest BCUT2D eigenvalue weighted by molar-refractivity contribution is -0.136. The number of esters is 1. The van der Waals surface area contributed by atoms with Crippen molar-refractivity contribution >= 4 is 17.6 Å². The minimum atomic E-state index is -0.465. The van der Waals surface area contributed by atoms with Gasteiger partial charge in [0, 0.05) is 12.1 Å². The van der Waals surface area contributed by atoms with Crippen LogP contribution in [0.1, 0.15) is 23.1 Å². The topological polar surface area (TPSA) is 64.6 Å². The summed E-state index contributed by atoms with van der Waals surface area (Å²) < 4.78 is 10.8. The number of hydrogen-bond donors (Lipinski definition) is 1. The van der Waals surface area contributed by atoms with Crippen molar-refractivity contribution in [2.45, 2.75) is 26.7 Å². The van der Waals surface area contributed by atoms with Gasteiger partial charge in [-0.3, -0.25) is 4.79 Å². The van der Waals surface area contributed by atoms with Gasteiger partial charge in [-0.25, -0.2) is 4.79 Å². The van der Waals surface area contributed by atoms with Crippen molar-refractivity contribution in [2.75, 3.05) is 11.9 Å². The molecule has 5 heteroatoms. The zero-order valence-electron chi connectivity index (χ0n) is 13.7. The molecule has 124 valence electrons. The highest BCUT2D eigenvalue weighted by molar-refractivity contribution is 5.94. The lowest BCUT2D eigenvalue weighted by Gasteiger charge is -2.17. The molecule has 0 fully saturated rings. The van der Waals surface area contributed by atoms with Crippen molar-refractivity contribution in [3.63, 3.8) is 0 Å². The molecule has 5 nitrogen and oxygen atoms in total. The highest BCUT2D eigenvalue weighted by atomic mass is 16.6. The Morgan fingerprint density at radius 1 is 1.04 bits per heavy atom. The van der Waals surface area contributed by atoms with Gasteiger partial charge in [0.25, 0.3) is 0 Å². The Labute approximate surface area is 140 Å². The Hall–Kier alpha value is -2.82. The molecule has 0 saturated carbocycles. The summed E-state index contributed by atoms with van der Waals surface area (Å²) in [5.41, 5.74) is 4.02. The third-order valence-electron chi connectivity index (χ3n) is 4.04. The molecule has 1 heterocycles. The predicted molar refractivity (Wildman–Crippen MR) is 90.4 cm³/mol. The van der Waals surface area contributed by atoms with E-state index in [0.29, 0.717) is 24.3 Å². The molecule has 3 rings (SSSR count). The van der Waals surface area contributed by atoms with E-state index in [1.165, 1.54) is 5.56 Å². The van der Waals surface area contributed by atoms with Gasteiger partial charge in [-0.05, 0) is 67.3 Å². The number of rotatable bonds is 4. The first-order chi connectivity index (χ1) is 11.5. The van der Waals surface area contributed by atoms with Crippen LogP contribution in [-0.2, 0) is 16.0 Å². The first kappa shape index (κ1) is 16.1. The van der Waals surface area contributed by atoms with Crippen molar-refractivity contribution in [2.24, 2.45) is 0 Å². The average Bonchev–Trinajstić information content (AvgIpc) is 2.56. The third-order valence-corrected chi connectivity index (χ3v) is 4.04. The van der Waals surface area contributed by atoms with Crippen molar-refractivity contribution in [3.05, 3.63) is 53.1 Å². The Balaban J connectivity index is 1.58. The number of carbonyl (C=O) groups is 2. The molecule has 1 N–H and O–H groups in total. The molecule has 2 aromatic carbocycles. The van der Waals surface area contributed by atoms with Crippen molar-refractivity contribution in [1.82, 2.24) is 0 Å². The number of amides is 1. The van der Waals surface area contributed by atoms with E-state index in [2.05, 4.69) is 5.32 Å². The van der Waals surface area contributed by atoms with Crippen molar-refractivity contribution < 1.29 is 19.1 Å². The van der Waals surface area contributed by atoms with Gasteiger partial charge in [0.05, 0.1) is 0 Å². The van der Waals surface area contributed by atoms with E-state index < -0.39 is 5.97 Å². The minimum Gasteiger partial charge on any atom is -0.482 e. The van der Waals surface area contributed by atoms with Gasteiger partial charge in [0.15, 0.2) is 6.61 Å². The summed E-state index contributed by atoms with van der Waals surface area (Å²) >= 11 is 0. The van der Waals surface area contributed by atoms with Crippen LogP contribution in [0.5, 0.6) is 11.5 Å². The van der Waals surface area contributed by atoms with Crippen LogP contribution in [0.15, 0.2) is 36.4 Å². The molecule has 1 aliphatic rings. The summed E-state index contributed by atoms with van der Waals surface area (Å²) in [5.74, 6) is 0.642. The second-order valence-electron chi connectivity index (χ2n) is 5.88. The normalized spacial score (nSPS) is 13.0. The smallest absolute Gasteiger partial charge is 0.349 e. The van der Waals surface area contributed by atoms with Crippen LogP contribution in [0.3, 0.4) is 0 Å². The molecule has 1 amide bonds. The maximum Gasteiger partial charge on any atom is 0.349 e. The van der Waals surface area contributed by atoms with Gasteiger partial charge in [-0.1, -0.05) is 6.07 Å². The maximum absolute atomic E-state index is 11.9. The number of hydrogen-bond acceptors (Lipinski definition) is 4. The molecule has 0 spiro atoms. The van der Waals surface area contributed by atoms with Crippen LogP contribution in [-0.4, -0.2) is 18.5 Å². The standard InChI is InChI=1S/C19H19NO4/c1-12-3-5-15(9-13(12)2)23-11-19(22)24-16-6-7-17-14(10-16)4-8-18(21)20-17/h3,5-7,9-10H,4,8,11H2,1-2H3,(H,20,21). The Morgan fingerprint density at radius 3 is 2.62 bits per heavy atom. The van der Waals surface area contributed by atoms with Gasteiger partial charge in [-0.15, -0.1) is 0 Å². The van der Waals surface area contributed by atoms with E-state index in [1.54, 1.807) is 18.2 Å². The van der Waals surface area contributed by atoms with Crippen molar-refractivity contribution in [1.29, 1.82) is 0 Å². The number of fused-ring (bicyclic) bond motifs is 1. The number of nitrogens with one attached hydrogen (secondary N) is 1. The van der Waals surface area contributed by atoms with E-state index in [0.717, 1.165) is 16.8 Å². The van der Waals surface area contributed by atoms with E-state index >= 15 is 0 Å². The fourth-order valence-electron chi connectivity index (χ4n) is 2.53. The van der Waals surface area contributed by atoms with E-state index in [1.807, 2.05) is 32.0 Å². The molecule has 24 heavy (non-hydrogen) atoms. The molecular formula is C19H19NO4. The summed E-state index contributed by atoms with van der Waals surface area (Å²) in [4.78, 5) is 23.3. The van der Waals surface area contributed by atoms with Crippen LogP contribution < -0.4 is 14.8 Å². The zero-order chi connectivity index (χ0) is 17.1. The summed E-state index contributed by atoms with van der Waals surface area (Å²) in [6.45, 7) is 3.86. The first-order valence-corrected chi connectivity index (χ1v) is 7.85. The van der Waals surface area contributed by atoms with Crippen LogP contribution in [0.2, 0.25) is 0 Å². The van der Waals surface area contributed by atoms with E-state index in [-0.39, 0.29) is 12.5 Å². The molecule has 0 aromatic heterocycles. The highest BCUT2D eigenvalue weighted by Crippen LogP contribution is 2.27. The molecule has 0 bridgehead atoms.